The molecule has 0 aliphatic heterocycles. The summed E-state index contributed by atoms with van der Waals surface area (Å²) in [7, 11) is 0. The fraction of sp³-hybridized carbons (Fsp3) is 0.538. The van der Waals surface area contributed by atoms with Gasteiger partial charge >= 0.3 is 0 Å². The summed E-state index contributed by atoms with van der Waals surface area (Å²) in [6, 6.07) is 4.25. The second kappa shape index (κ2) is 4.56. The molecular weight excluding hydrogens is 252 g/mol. The van der Waals surface area contributed by atoms with E-state index in [0.717, 1.165) is 11.1 Å². The van der Waals surface area contributed by atoms with E-state index in [1.165, 1.54) is 16.7 Å². The Bertz CT molecular complexity index is 356. The zero-order valence-electron chi connectivity index (χ0n) is 10.1. The first-order valence-corrected chi connectivity index (χ1v) is 6.31. The van der Waals surface area contributed by atoms with Crippen molar-refractivity contribution in [1.29, 1.82) is 0 Å². The molecule has 0 bridgehead atoms. The molecule has 0 fully saturated rings. The maximum Gasteiger partial charge on any atom is 0.126 e. The Kier molecular flexibility index (Phi) is 3.82. The monoisotopic (exact) mass is 270 g/mol. The number of rotatable bonds is 3. The molecule has 1 aromatic rings. The van der Waals surface area contributed by atoms with Crippen molar-refractivity contribution in [3.63, 3.8) is 0 Å². The van der Waals surface area contributed by atoms with Crippen molar-refractivity contribution < 1.29 is 4.74 Å². The molecule has 0 heterocycles. The molecule has 0 N–H and O–H groups in total. The largest absolute Gasteiger partial charge is 0.486 e. The molecule has 0 aromatic heterocycles. The van der Waals surface area contributed by atoms with E-state index < -0.39 is 0 Å². The van der Waals surface area contributed by atoms with Gasteiger partial charge in [-0.1, -0.05) is 28.1 Å². The molecule has 15 heavy (non-hydrogen) atoms. The second-order valence-corrected chi connectivity index (χ2v) is 5.21. The lowest BCUT2D eigenvalue weighted by molar-refractivity contribution is 0.135. The first kappa shape index (κ1) is 12.6. The normalized spacial score (nSPS) is 11.6. The summed E-state index contributed by atoms with van der Waals surface area (Å²) in [5, 5.41) is 0.826. The Morgan fingerprint density at radius 1 is 1.13 bits per heavy atom. The molecule has 0 saturated heterocycles. The van der Waals surface area contributed by atoms with Gasteiger partial charge in [0.25, 0.3) is 0 Å². The number of aryl methyl sites for hydroxylation is 2. The Labute approximate surface area is 101 Å². The highest BCUT2D eigenvalue weighted by atomic mass is 79.9. The van der Waals surface area contributed by atoms with Gasteiger partial charge in [0, 0.05) is 5.33 Å². The fourth-order valence-corrected chi connectivity index (χ4v) is 1.50. The van der Waals surface area contributed by atoms with Gasteiger partial charge < -0.3 is 4.74 Å². The number of benzene rings is 1. The molecule has 1 rings (SSSR count). The van der Waals surface area contributed by atoms with Crippen LogP contribution >= 0.6 is 15.9 Å². The number of alkyl halides is 1. The maximum absolute atomic E-state index is 6.05. The summed E-state index contributed by atoms with van der Waals surface area (Å²) in [5.41, 5.74) is 3.56. The second-order valence-electron chi connectivity index (χ2n) is 4.65. The van der Waals surface area contributed by atoms with E-state index in [-0.39, 0.29) is 5.60 Å². The first-order chi connectivity index (χ1) is 6.87. The number of halogens is 1. The van der Waals surface area contributed by atoms with Crippen molar-refractivity contribution in [2.24, 2.45) is 0 Å². The molecule has 1 nitrogen and oxygen atoms in total. The van der Waals surface area contributed by atoms with Gasteiger partial charge in [-0.15, -0.1) is 0 Å². The Morgan fingerprint density at radius 2 is 1.67 bits per heavy atom. The number of hydrogen-bond donors (Lipinski definition) is 0. The molecule has 0 radical (unpaired) electrons. The third-order valence-electron chi connectivity index (χ3n) is 2.57. The smallest absolute Gasteiger partial charge is 0.126 e. The van der Waals surface area contributed by atoms with Crippen molar-refractivity contribution in [3.05, 3.63) is 28.8 Å². The van der Waals surface area contributed by atoms with E-state index in [2.05, 4.69) is 62.7 Å². The number of hydrogen-bond acceptors (Lipinski definition) is 1. The summed E-state index contributed by atoms with van der Waals surface area (Å²) in [5.74, 6) is 1.03. The first-order valence-electron chi connectivity index (χ1n) is 5.19. The quantitative estimate of drug-likeness (QED) is 0.750. The van der Waals surface area contributed by atoms with Gasteiger partial charge in [0.2, 0.25) is 0 Å². The lowest BCUT2D eigenvalue weighted by Gasteiger charge is -2.26. The summed E-state index contributed by atoms with van der Waals surface area (Å²) in [6.07, 6.45) is 0. The van der Waals surface area contributed by atoms with Crippen LogP contribution in [0.1, 0.15) is 30.5 Å². The van der Waals surface area contributed by atoms with E-state index in [1.54, 1.807) is 0 Å². The SMILES string of the molecule is Cc1ccc(C)c(OC(C)(C)CBr)c1C. The highest BCUT2D eigenvalue weighted by Crippen LogP contribution is 2.29. The van der Waals surface area contributed by atoms with Crippen LogP contribution in [-0.2, 0) is 0 Å². The van der Waals surface area contributed by atoms with Crippen LogP contribution in [0.5, 0.6) is 5.75 Å². The van der Waals surface area contributed by atoms with E-state index in [9.17, 15) is 0 Å². The minimum Gasteiger partial charge on any atom is -0.486 e. The zero-order valence-corrected chi connectivity index (χ0v) is 11.7. The predicted octanol–water partition coefficient (Wildman–Crippen LogP) is 4.16. The van der Waals surface area contributed by atoms with Crippen LogP contribution in [-0.4, -0.2) is 10.9 Å². The van der Waals surface area contributed by atoms with Crippen molar-refractivity contribution in [3.8, 4) is 5.75 Å². The standard InChI is InChI=1S/C13H19BrO/c1-9-6-7-10(2)12(11(9)3)15-13(4,5)8-14/h6-7H,8H2,1-5H3. The van der Waals surface area contributed by atoms with Gasteiger partial charge in [-0.2, -0.15) is 0 Å². The molecule has 0 spiro atoms. The van der Waals surface area contributed by atoms with Gasteiger partial charge in [0.15, 0.2) is 0 Å². The minimum absolute atomic E-state index is 0.163. The summed E-state index contributed by atoms with van der Waals surface area (Å²) >= 11 is 3.47. The number of ether oxygens (including phenoxy) is 1. The van der Waals surface area contributed by atoms with Crippen molar-refractivity contribution in [2.45, 2.75) is 40.2 Å². The molecular formula is C13H19BrO. The highest BCUT2D eigenvalue weighted by molar-refractivity contribution is 9.09. The van der Waals surface area contributed by atoms with Crippen molar-refractivity contribution >= 4 is 15.9 Å². The van der Waals surface area contributed by atoms with Gasteiger partial charge in [-0.05, 0) is 51.3 Å². The third kappa shape index (κ3) is 2.97. The lowest BCUT2D eigenvalue weighted by atomic mass is 10.0. The topological polar surface area (TPSA) is 9.23 Å². The molecule has 84 valence electrons. The third-order valence-corrected chi connectivity index (χ3v) is 3.92. The van der Waals surface area contributed by atoms with Gasteiger partial charge in [-0.3, -0.25) is 0 Å². The zero-order chi connectivity index (χ0) is 11.6. The Morgan fingerprint density at radius 3 is 2.20 bits per heavy atom. The van der Waals surface area contributed by atoms with E-state index in [1.807, 2.05) is 0 Å². The summed E-state index contributed by atoms with van der Waals surface area (Å²) in [4.78, 5) is 0. The molecule has 0 amide bonds. The fourth-order valence-electron chi connectivity index (χ4n) is 1.39. The summed E-state index contributed by atoms with van der Waals surface area (Å²) in [6.45, 7) is 10.5. The maximum atomic E-state index is 6.05. The molecule has 2 heteroatoms. The minimum atomic E-state index is -0.163. The average molecular weight is 271 g/mol. The van der Waals surface area contributed by atoms with Gasteiger partial charge in [-0.25, -0.2) is 0 Å². The van der Waals surface area contributed by atoms with Crippen LogP contribution in [0.15, 0.2) is 12.1 Å². The van der Waals surface area contributed by atoms with Crippen molar-refractivity contribution in [2.75, 3.05) is 5.33 Å². The van der Waals surface area contributed by atoms with E-state index >= 15 is 0 Å². The van der Waals surface area contributed by atoms with Crippen LogP contribution in [0, 0.1) is 20.8 Å². The van der Waals surface area contributed by atoms with Crippen LogP contribution in [0.3, 0.4) is 0 Å². The van der Waals surface area contributed by atoms with Crippen LogP contribution in [0.4, 0.5) is 0 Å². The van der Waals surface area contributed by atoms with Gasteiger partial charge in [0.05, 0.1) is 0 Å². The molecule has 0 atom stereocenters. The van der Waals surface area contributed by atoms with Gasteiger partial charge in [0.1, 0.15) is 11.4 Å². The van der Waals surface area contributed by atoms with Crippen LogP contribution in [0.25, 0.3) is 0 Å². The molecule has 0 unspecified atom stereocenters. The molecule has 1 aromatic carbocycles. The highest BCUT2D eigenvalue weighted by Gasteiger charge is 2.20. The molecule has 0 saturated carbocycles. The van der Waals surface area contributed by atoms with Crippen LogP contribution < -0.4 is 4.74 Å². The Balaban J connectivity index is 3.09. The molecule has 0 aliphatic carbocycles. The van der Waals surface area contributed by atoms with E-state index in [0.29, 0.717) is 0 Å². The van der Waals surface area contributed by atoms with Crippen molar-refractivity contribution in [1.82, 2.24) is 0 Å². The predicted molar refractivity (Wildman–Crippen MR) is 69.2 cm³/mol. The lowest BCUT2D eigenvalue weighted by Crippen LogP contribution is -2.30. The van der Waals surface area contributed by atoms with Crippen LogP contribution in [0.2, 0.25) is 0 Å². The average Bonchev–Trinajstić information content (AvgIpc) is 2.19. The van der Waals surface area contributed by atoms with E-state index in [4.69, 9.17) is 4.74 Å². The Hall–Kier alpha value is -0.500. The molecule has 0 aliphatic rings. The summed E-state index contributed by atoms with van der Waals surface area (Å²) < 4.78 is 6.05.